The molecule has 3 aromatic carbocycles. The lowest BCUT2D eigenvalue weighted by Crippen LogP contribution is -2.40. The van der Waals surface area contributed by atoms with Crippen LogP contribution in [0.4, 0.5) is 5.69 Å². The summed E-state index contributed by atoms with van der Waals surface area (Å²) in [6.45, 7) is 3.47. The number of nitro groups is 1. The molecule has 0 saturated carbocycles. The number of methoxy groups -OCH3 is 1. The third-order valence-electron chi connectivity index (χ3n) is 6.95. The minimum atomic E-state index is -0.930. The van der Waals surface area contributed by atoms with Crippen LogP contribution in [-0.2, 0) is 9.53 Å². The van der Waals surface area contributed by atoms with E-state index < -0.39 is 22.5 Å². The maximum absolute atomic E-state index is 14.1. The molecule has 2 aliphatic rings. The van der Waals surface area contributed by atoms with Crippen molar-refractivity contribution in [3.8, 4) is 17.2 Å². The van der Waals surface area contributed by atoms with Crippen molar-refractivity contribution >= 4 is 39.8 Å². The standard InChI is InChI=1S/C29H23N3O8S/c1-4-38-28(34)24-15(2)30-29-31(26(24)25-18-8-6-5-7-16(18)9-10-20(25)37-3)27(33)23(41-29)12-17-11-21-22(40-14-39-21)13-19(17)32(35)36/h5-13,26H,4,14H2,1-3H3/b23-12-/t26-/m0/s1. The van der Waals surface area contributed by atoms with E-state index in [1.165, 1.54) is 29.9 Å². The van der Waals surface area contributed by atoms with E-state index in [0.29, 0.717) is 27.6 Å². The maximum atomic E-state index is 14.1. The minimum Gasteiger partial charge on any atom is -0.496 e. The maximum Gasteiger partial charge on any atom is 0.338 e. The van der Waals surface area contributed by atoms with Gasteiger partial charge in [-0.3, -0.25) is 19.5 Å². The zero-order chi connectivity index (χ0) is 28.8. The monoisotopic (exact) mass is 573 g/mol. The highest BCUT2D eigenvalue weighted by Crippen LogP contribution is 2.41. The van der Waals surface area contributed by atoms with Crippen LogP contribution in [0.2, 0.25) is 0 Å². The Morgan fingerprint density at radius 1 is 1.22 bits per heavy atom. The second-order valence-corrected chi connectivity index (χ2v) is 10.2. The number of rotatable bonds is 6. The molecule has 0 fully saturated rings. The van der Waals surface area contributed by atoms with E-state index in [1.807, 2.05) is 30.3 Å². The molecule has 208 valence electrons. The van der Waals surface area contributed by atoms with Crippen LogP contribution < -0.4 is 29.1 Å². The summed E-state index contributed by atoms with van der Waals surface area (Å²) in [6, 6.07) is 13.1. The fourth-order valence-corrected chi connectivity index (χ4v) is 6.20. The van der Waals surface area contributed by atoms with Crippen molar-refractivity contribution in [3.63, 3.8) is 0 Å². The lowest BCUT2D eigenvalue weighted by Gasteiger charge is -2.27. The lowest BCUT2D eigenvalue weighted by atomic mass is 9.90. The van der Waals surface area contributed by atoms with Gasteiger partial charge in [0.05, 0.1) is 46.1 Å². The van der Waals surface area contributed by atoms with Crippen molar-refractivity contribution in [1.29, 1.82) is 0 Å². The Kier molecular flexibility index (Phi) is 6.54. The summed E-state index contributed by atoms with van der Waals surface area (Å²) < 4.78 is 23.5. The highest BCUT2D eigenvalue weighted by molar-refractivity contribution is 7.07. The molecule has 4 aromatic rings. The van der Waals surface area contributed by atoms with Crippen LogP contribution in [0.25, 0.3) is 16.8 Å². The molecule has 0 amide bonds. The summed E-state index contributed by atoms with van der Waals surface area (Å²) in [7, 11) is 1.52. The Hall–Kier alpha value is -4.97. The highest BCUT2D eigenvalue weighted by atomic mass is 32.1. The van der Waals surface area contributed by atoms with Gasteiger partial charge in [0.2, 0.25) is 6.79 Å². The second-order valence-electron chi connectivity index (χ2n) is 9.23. The number of nitrogens with zero attached hydrogens (tertiary/aromatic N) is 3. The summed E-state index contributed by atoms with van der Waals surface area (Å²) in [6.07, 6.45) is 1.44. The zero-order valence-electron chi connectivity index (χ0n) is 22.2. The van der Waals surface area contributed by atoms with Gasteiger partial charge in [-0.2, -0.15) is 0 Å². The number of hydrogen-bond acceptors (Lipinski definition) is 10. The predicted octanol–water partition coefficient (Wildman–Crippen LogP) is 3.60. The molecule has 11 nitrogen and oxygen atoms in total. The molecule has 3 heterocycles. The molecule has 0 bridgehead atoms. The van der Waals surface area contributed by atoms with Crippen molar-refractivity contribution in [2.45, 2.75) is 19.9 Å². The molecule has 2 aliphatic heterocycles. The summed E-state index contributed by atoms with van der Waals surface area (Å²) in [5.74, 6) is 0.474. The van der Waals surface area contributed by atoms with Gasteiger partial charge < -0.3 is 18.9 Å². The fraction of sp³-hybridized carbons (Fsp3) is 0.207. The van der Waals surface area contributed by atoms with E-state index in [-0.39, 0.29) is 40.5 Å². The zero-order valence-corrected chi connectivity index (χ0v) is 23.0. The lowest BCUT2D eigenvalue weighted by molar-refractivity contribution is -0.385. The van der Waals surface area contributed by atoms with Crippen molar-refractivity contribution in [2.75, 3.05) is 20.5 Å². The molecule has 0 saturated heterocycles. The van der Waals surface area contributed by atoms with E-state index in [4.69, 9.17) is 18.9 Å². The third-order valence-corrected chi connectivity index (χ3v) is 7.93. The largest absolute Gasteiger partial charge is 0.496 e. The van der Waals surface area contributed by atoms with Gasteiger partial charge in [-0.05, 0) is 42.8 Å². The van der Waals surface area contributed by atoms with Gasteiger partial charge in [0.1, 0.15) is 11.8 Å². The highest BCUT2D eigenvalue weighted by Gasteiger charge is 2.36. The van der Waals surface area contributed by atoms with Crippen molar-refractivity contribution in [2.24, 2.45) is 4.99 Å². The first-order valence-electron chi connectivity index (χ1n) is 12.7. The number of ether oxygens (including phenoxy) is 4. The van der Waals surface area contributed by atoms with E-state index in [2.05, 4.69) is 4.99 Å². The van der Waals surface area contributed by atoms with Gasteiger partial charge >= 0.3 is 5.97 Å². The predicted molar refractivity (Wildman–Crippen MR) is 150 cm³/mol. The van der Waals surface area contributed by atoms with Crippen molar-refractivity contribution < 1.29 is 28.7 Å². The average Bonchev–Trinajstić information content (AvgIpc) is 3.54. The molecule has 0 radical (unpaired) electrons. The molecule has 0 aliphatic carbocycles. The van der Waals surface area contributed by atoms with E-state index in [1.54, 1.807) is 19.9 Å². The molecule has 0 unspecified atom stereocenters. The van der Waals surface area contributed by atoms with Crippen molar-refractivity contribution in [1.82, 2.24) is 4.57 Å². The van der Waals surface area contributed by atoms with Crippen LogP contribution in [0.15, 0.2) is 69.6 Å². The smallest absolute Gasteiger partial charge is 0.338 e. The molecule has 6 rings (SSSR count). The molecule has 1 atom stereocenters. The van der Waals surface area contributed by atoms with Gasteiger partial charge in [-0.15, -0.1) is 0 Å². The summed E-state index contributed by atoms with van der Waals surface area (Å²) in [5, 5.41) is 13.5. The first-order chi connectivity index (χ1) is 19.8. The van der Waals surface area contributed by atoms with Gasteiger partial charge in [0, 0.05) is 5.56 Å². The van der Waals surface area contributed by atoms with Crippen LogP contribution in [0.3, 0.4) is 0 Å². The van der Waals surface area contributed by atoms with E-state index >= 15 is 0 Å². The Bertz CT molecular complexity index is 1970. The number of hydrogen-bond donors (Lipinski definition) is 0. The third kappa shape index (κ3) is 4.32. The first kappa shape index (κ1) is 26.3. The molecular formula is C29H23N3O8S. The number of carbonyl (C=O) groups excluding carboxylic acids is 1. The van der Waals surface area contributed by atoms with Gasteiger partial charge in [0.25, 0.3) is 11.2 Å². The van der Waals surface area contributed by atoms with Crippen molar-refractivity contribution in [3.05, 3.63) is 101 Å². The Balaban J connectivity index is 1.65. The van der Waals surface area contributed by atoms with E-state index in [9.17, 15) is 19.7 Å². The van der Waals surface area contributed by atoms with Crippen LogP contribution in [-0.4, -0.2) is 36.0 Å². The first-order valence-corrected chi connectivity index (χ1v) is 13.5. The number of carbonyl (C=O) groups is 1. The normalized spacial score (nSPS) is 16.0. The van der Waals surface area contributed by atoms with Gasteiger partial charge in [-0.1, -0.05) is 41.7 Å². The van der Waals surface area contributed by atoms with Crippen LogP contribution >= 0.6 is 11.3 Å². The molecular weight excluding hydrogens is 550 g/mol. The summed E-state index contributed by atoms with van der Waals surface area (Å²) >= 11 is 1.07. The number of fused-ring (bicyclic) bond motifs is 3. The topological polar surface area (TPSA) is 131 Å². The number of benzene rings is 3. The number of nitro benzene ring substituents is 1. The SMILES string of the molecule is CCOC(=O)C1=C(C)N=c2s/c(=C\c3cc4c(cc3[N+](=O)[O-])OCO4)c(=O)n2[C@@H]1c1c(OC)ccc2ccccc12. The Labute approximate surface area is 236 Å². The Morgan fingerprint density at radius 3 is 2.71 bits per heavy atom. The summed E-state index contributed by atoms with van der Waals surface area (Å²) in [5.41, 5.74) is 0.653. The van der Waals surface area contributed by atoms with Gasteiger partial charge in [0.15, 0.2) is 16.3 Å². The molecule has 0 spiro atoms. The minimum absolute atomic E-state index is 0.0547. The molecule has 41 heavy (non-hydrogen) atoms. The fourth-order valence-electron chi connectivity index (χ4n) is 5.16. The van der Waals surface area contributed by atoms with Crippen LogP contribution in [0.1, 0.15) is 31.0 Å². The second kappa shape index (κ2) is 10.2. The average molecular weight is 574 g/mol. The molecule has 12 heteroatoms. The number of aromatic nitrogens is 1. The molecule has 0 N–H and O–H groups in total. The Morgan fingerprint density at radius 2 is 1.98 bits per heavy atom. The van der Waals surface area contributed by atoms with Crippen LogP contribution in [0.5, 0.6) is 17.2 Å². The van der Waals surface area contributed by atoms with E-state index in [0.717, 1.165) is 22.1 Å². The quantitative estimate of drug-likeness (QED) is 0.194. The number of esters is 1. The molecule has 1 aromatic heterocycles. The van der Waals surface area contributed by atoms with Gasteiger partial charge in [-0.25, -0.2) is 9.79 Å². The number of thiazole rings is 1. The van der Waals surface area contributed by atoms with Crippen LogP contribution in [0, 0.1) is 10.1 Å². The number of allylic oxidation sites excluding steroid dienone is 1. The summed E-state index contributed by atoms with van der Waals surface area (Å²) in [4.78, 5) is 43.7.